The van der Waals surface area contributed by atoms with E-state index in [1.807, 2.05) is 12.2 Å². The van der Waals surface area contributed by atoms with Crippen molar-refractivity contribution in [2.75, 3.05) is 46.2 Å². The second-order valence-corrected chi connectivity index (χ2v) is 17.2. The molecule has 0 saturated heterocycles. The van der Waals surface area contributed by atoms with E-state index >= 15 is 0 Å². The Morgan fingerprint density at radius 3 is 1.29 bits per heavy atom. The zero-order valence-corrected chi connectivity index (χ0v) is 35.0. The molecule has 51 heavy (non-hydrogen) atoms. The van der Waals surface area contributed by atoms with E-state index in [1.54, 1.807) is 0 Å². The molecule has 0 aliphatic heterocycles. The minimum absolute atomic E-state index is 0.0900. The average molecular weight is 736 g/mol. The molecule has 0 unspecified atom stereocenters. The fourth-order valence-electron chi connectivity index (χ4n) is 6.15. The summed E-state index contributed by atoms with van der Waals surface area (Å²) in [5.74, 6) is -0.180. The fraction of sp³-hybridized carbons (Fsp3) is 0.841. The third-order valence-electron chi connectivity index (χ3n) is 9.43. The molecule has 298 valence electrons. The molecule has 0 aromatic carbocycles. The summed E-state index contributed by atoms with van der Waals surface area (Å²) in [6.07, 6.45) is 41.3. The van der Waals surface area contributed by atoms with Crippen LogP contribution in [0.15, 0.2) is 24.3 Å². The van der Waals surface area contributed by atoms with Crippen LogP contribution in [0.1, 0.15) is 194 Å². The van der Waals surface area contributed by atoms with E-state index in [2.05, 4.69) is 45.0 Å². The number of ether oxygens (including phenoxy) is 2. The molecule has 0 radical (unpaired) electrons. The van der Waals surface area contributed by atoms with Gasteiger partial charge >= 0.3 is 11.9 Å². The smallest absolute Gasteiger partial charge is 0.306 e. The van der Waals surface area contributed by atoms with Gasteiger partial charge in [0.15, 0.2) is 5.52 Å². The molecule has 0 aliphatic carbocycles. The van der Waals surface area contributed by atoms with E-state index in [9.17, 15) is 14.4 Å². The highest BCUT2D eigenvalue weighted by Crippen LogP contribution is 2.40. The van der Waals surface area contributed by atoms with Crippen LogP contribution in [0.2, 0.25) is 0 Å². The van der Waals surface area contributed by atoms with E-state index in [0.29, 0.717) is 38.0 Å². The topological polar surface area (TPSA) is 72.9 Å². The molecule has 0 amide bonds. The molecule has 0 aromatic rings. The second-order valence-electron chi connectivity index (χ2n) is 14.7. The Balaban J connectivity index is 4.03. The summed E-state index contributed by atoms with van der Waals surface area (Å²) in [5, 5.41) is 0. The summed E-state index contributed by atoms with van der Waals surface area (Å²) in [7, 11) is 3.56. The number of hydrogen-bond donors (Lipinski definition) is 0. The minimum Gasteiger partial charge on any atom is -0.461 e. The van der Waals surface area contributed by atoms with Gasteiger partial charge in [-0.25, -0.2) is 0 Å². The highest BCUT2D eigenvalue weighted by atomic mass is 31.1. The summed E-state index contributed by atoms with van der Waals surface area (Å²) in [4.78, 5) is 39.4. The van der Waals surface area contributed by atoms with Gasteiger partial charge in [0.2, 0.25) is 0 Å². The normalized spacial score (nSPS) is 12.3. The third kappa shape index (κ3) is 38.0. The van der Waals surface area contributed by atoms with Crippen LogP contribution in [0, 0.1) is 0 Å². The third-order valence-corrected chi connectivity index (χ3v) is 12.1. The highest BCUT2D eigenvalue weighted by molar-refractivity contribution is 7.74. The van der Waals surface area contributed by atoms with Crippen LogP contribution >= 0.6 is 7.92 Å². The van der Waals surface area contributed by atoms with Gasteiger partial charge in [-0.3, -0.25) is 14.4 Å². The standard InChI is InChI=1S/C44H82NO5P/c1-5-7-9-11-13-15-17-23-29-38-49-42(46)34-27-21-19-25-31-40-51(44(48)36-33-37-45(3)4)41-32-26-20-22-28-35-43(47)50-39-30-24-18-16-14-12-10-8-6-2/h23-24,29-30H,5-22,25-28,31-41H2,1-4H3. The molecule has 0 aliphatic rings. The van der Waals surface area contributed by atoms with Crippen LogP contribution in [0.4, 0.5) is 0 Å². The summed E-state index contributed by atoms with van der Waals surface area (Å²) >= 11 is 0. The molecular weight excluding hydrogens is 653 g/mol. The number of allylic oxidation sites excluding steroid dienone is 2. The van der Waals surface area contributed by atoms with Crippen molar-refractivity contribution in [3.63, 3.8) is 0 Å². The van der Waals surface area contributed by atoms with Crippen LogP contribution in [0.25, 0.3) is 0 Å². The maximum absolute atomic E-state index is 13.1. The predicted molar refractivity (Wildman–Crippen MR) is 221 cm³/mol. The van der Waals surface area contributed by atoms with Crippen molar-refractivity contribution in [2.45, 2.75) is 194 Å². The quantitative estimate of drug-likeness (QED) is 0.0271. The molecule has 0 spiro atoms. The number of rotatable bonds is 39. The lowest BCUT2D eigenvalue weighted by Crippen LogP contribution is -2.14. The zero-order chi connectivity index (χ0) is 37.5. The van der Waals surface area contributed by atoms with E-state index in [1.165, 1.54) is 77.0 Å². The molecule has 0 heterocycles. The molecule has 0 aromatic heterocycles. The summed E-state index contributed by atoms with van der Waals surface area (Å²) in [6.45, 7) is 6.24. The lowest BCUT2D eigenvalue weighted by Gasteiger charge is -2.17. The maximum atomic E-state index is 13.1. The Labute approximate surface area is 317 Å². The van der Waals surface area contributed by atoms with Gasteiger partial charge in [0.05, 0.1) is 0 Å². The number of carbonyl (C=O) groups is 3. The lowest BCUT2D eigenvalue weighted by atomic mass is 10.1. The molecule has 0 bridgehead atoms. The first-order chi connectivity index (χ1) is 24.9. The molecule has 7 heteroatoms. The van der Waals surface area contributed by atoms with Crippen LogP contribution in [-0.4, -0.2) is 68.5 Å². The Morgan fingerprint density at radius 1 is 0.471 bits per heavy atom. The van der Waals surface area contributed by atoms with Crippen LogP contribution < -0.4 is 0 Å². The van der Waals surface area contributed by atoms with Crippen molar-refractivity contribution in [2.24, 2.45) is 0 Å². The first-order valence-electron chi connectivity index (χ1n) is 21.4. The number of nitrogens with zero attached hydrogens (tertiary/aromatic N) is 1. The monoisotopic (exact) mass is 736 g/mol. The summed E-state index contributed by atoms with van der Waals surface area (Å²) in [6, 6.07) is 0. The number of carbonyl (C=O) groups excluding carboxylic acids is 3. The first kappa shape index (κ1) is 49.5. The van der Waals surface area contributed by atoms with Crippen molar-refractivity contribution in [1.82, 2.24) is 4.90 Å². The van der Waals surface area contributed by atoms with Crippen molar-refractivity contribution < 1.29 is 23.9 Å². The Bertz CT molecular complexity index is 802. The van der Waals surface area contributed by atoms with Crippen LogP contribution in [0.5, 0.6) is 0 Å². The average Bonchev–Trinajstić information content (AvgIpc) is 3.11. The molecule has 0 fully saturated rings. The van der Waals surface area contributed by atoms with Crippen molar-refractivity contribution in [1.29, 1.82) is 0 Å². The number of esters is 2. The largest absolute Gasteiger partial charge is 0.461 e. The highest BCUT2D eigenvalue weighted by Gasteiger charge is 2.17. The fourth-order valence-corrected chi connectivity index (χ4v) is 8.56. The van der Waals surface area contributed by atoms with Crippen molar-refractivity contribution >= 4 is 25.4 Å². The Morgan fingerprint density at radius 2 is 0.863 bits per heavy atom. The SMILES string of the molecule is CCCCCCCCC=CCOC(=O)CCCCCCCP(CCCCCCCC(=O)OCC=CCCCCCCCC)C(=O)CCCN(C)C. The molecular formula is C44H82NO5P. The van der Waals surface area contributed by atoms with Gasteiger partial charge in [0.1, 0.15) is 13.2 Å². The Hall–Kier alpha value is -1.52. The summed E-state index contributed by atoms with van der Waals surface area (Å²) < 4.78 is 10.7. The molecule has 0 atom stereocenters. The van der Waals surface area contributed by atoms with Gasteiger partial charge in [0, 0.05) is 19.3 Å². The molecule has 0 N–H and O–H groups in total. The summed E-state index contributed by atoms with van der Waals surface area (Å²) in [5.41, 5.74) is 0.499. The maximum Gasteiger partial charge on any atom is 0.306 e. The van der Waals surface area contributed by atoms with E-state index < -0.39 is 7.92 Å². The van der Waals surface area contributed by atoms with Gasteiger partial charge in [0.25, 0.3) is 0 Å². The van der Waals surface area contributed by atoms with Gasteiger partial charge in [-0.2, -0.15) is 0 Å². The Kier molecular flexibility index (Phi) is 38.5. The lowest BCUT2D eigenvalue weighted by molar-refractivity contribution is -0.143. The predicted octanol–water partition coefficient (Wildman–Crippen LogP) is 12.7. The second kappa shape index (κ2) is 39.7. The van der Waals surface area contributed by atoms with Crippen molar-refractivity contribution in [3.05, 3.63) is 24.3 Å². The molecule has 0 saturated carbocycles. The molecule has 6 nitrogen and oxygen atoms in total. The van der Waals surface area contributed by atoms with E-state index in [4.69, 9.17) is 9.47 Å². The van der Waals surface area contributed by atoms with E-state index in [-0.39, 0.29) is 11.9 Å². The van der Waals surface area contributed by atoms with E-state index in [0.717, 1.165) is 102 Å². The van der Waals surface area contributed by atoms with Gasteiger partial charge in [-0.1, -0.05) is 141 Å². The van der Waals surface area contributed by atoms with Gasteiger partial charge in [-0.05, 0) is 98.7 Å². The number of unbranched alkanes of at least 4 members (excludes halogenated alkanes) is 20. The minimum atomic E-state index is -0.575. The van der Waals surface area contributed by atoms with Crippen LogP contribution in [-0.2, 0) is 23.9 Å². The van der Waals surface area contributed by atoms with Crippen LogP contribution in [0.3, 0.4) is 0 Å². The number of hydrogen-bond acceptors (Lipinski definition) is 6. The zero-order valence-electron chi connectivity index (χ0n) is 34.1. The first-order valence-corrected chi connectivity index (χ1v) is 23.2. The molecule has 0 rings (SSSR count). The van der Waals surface area contributed by atoms with Gasteiger partial charge < -0.3 is 14.4 Å². The van der Waals surface area contributed by atoms with Crippen molar-refractivity contribution in [3.8, 4) is 0 Å². The van der Waals surface area contributed by atoms with Gasteiger partial charge in [-0.15, -0.1) is 0 Å².